The molecule has 3 aromatic carbocycles. The standard InChI is InChI=1S/C24H19BrN2O2/c1-17-4-2-6-22(12-17)27-24(28)16-29-23-7-3-5-18(14-23)13-20(15-26)19-8-10-21(25)11-9-19/h2-14H,16H2,1H3,(H,27,28)/b20-13+. The Kier molecular flexibility index (Phi) is 6.83. The van der Waals surface area contributed by atoms with Crippen molar-refractivity contribution in [2.24, 2.45) is 0 Å². The van der Waals surface area contributed by atoms with Crippen molar-refractivity contribution >= 4 is 39.2 Å². The van der Waals surface area contributed by atoms with Crippen LogP contribution in [0.2, 0.25) is 0 Å². The van der Waals surface area contributed by atoms with Gasteiger partial charge in [0.15, 0.2) is 6.61 Å². The minimum absolute atomic E-state index is 0.0983. The number of hydrogen-bond donors (Lipinski definition) is 1. The van der Waals surface area contributed by atoms with Crippen molar-refractivity contribution in [1.29, 1.82) is 5.26 Å². The van der Waals surface area contributed by atoms with Gasteiger partial charge in [0.05, 0.1) is 11.6 Å². The Morgan fingerprint density at radius 2 is 1.86 bits per heavy atom. The molecule has 0 heterocycles. The van der Waals surface area contributed by atoms with E-state index in [2.05, 4.69) is 27.3 Å². The Hall–Kier alpha value is -3.36. The molecule has 0 aromatic heterocycles. The predicted octanol–water partition coefficient (Wildman–Crippen LogP) is 5.84. The highest BCUT2D eigenvalue weighted by molar-refractivity contribution is 9.10. The summed E-state index contributed by atoms with van der Waals surface area (Å²) in [6.45, 7) is 1.87. The zero-order chi connectivity index (χ0) is 20.6. The molecule has 0 aliphatic rings. The second-order valence-electron chi connectivity index (χ2n) is 6.46. The highest BCUT2D eigenvalue weighted by atomic mass is 79.9. The van der Waals surface area contributed by atoms with Gasteiger partial charge in [-0.25, -0.2) is 0 Å². The van der Waals surface area contributed by atoms with Crippen LogP contribution >= 0.6 is 15.9 Å². The first-order valence-electron chi connectivity index (χ1n) is 9.00. The van der Waals surface area contributed by atoms with E-state index in [9.17, 15) is 10.1 Å². The molecule has 0 aliphatic carbocycles. The summed E-state index contributed by atoms with van der Waals surface area (Å²) in [5.74, 6) is 0.329. The average Bonchev–Trinajstić information content (AvgIpc) is 2.72. The summed E-state index contributed by atoms with van der Waals surface area (Å²) in [6.07, 6.45) is 1.79. The van der Waals surface area contributed by atoms with Crippen molar-refractivity contribution in [2.45, 2.75) is 6.92 Å². The van der Waals surface area contributed by atoms with Crippen LogP contribution in [0.25, 0.3) is 11.6 Å². The number of hydrogen-bond acceptors (Lipinski definition) is 3. The number of allylic oxidation sites excluding steroid dienone is 1. The van der Waals surface area contributed by atoms with E-state index in [-0.39, 0.29) is 12.5 Å². The number of nitrogens with one attached hydrogen (secondary N) is 1. The maximum Gasteiger partial charge on any atom is 0.262 e. The lowest BCUT2D eigenvalue weighted by molar-refractivity contribution is -0.118. The SMILES string of the molecule is Cc1cccc(NC(=O)COc2cccc(/C=C(\C#N)c3ccc(Br)cc3)c2)c1. The van der Waals surface area contributed by atoms with E-state index in [1.807, 2.05) is 67.6 Å². The number of carbonyl (C=O) groups is 1. The molecule has 29 heavy (non-hydrogen) atoms. The van der Waals surface area contributed by atoms with Crippen molar-refractivity contribution in [3.63, 3.8) is 0 Å². The summed E-state index contributed by atoms with van der Waals surface area (Å²) >= 11 is 3.39. The van der Waals surface area contributed by atoms with Crippen LogP contribution in [0.3, 0.4) is 0 Å². The molecule has 5 heteroatoms. The van der Waals surface area contributed by atoms with Gasteiger partial charge >= 0.3 is 0 Å². The van der Waals surface area contributed by atoms with E-state index in [4.69, 9.17) is 4.74 Å². The third-order valence-electron chi connectivity index (χ3n) is 4.12. The second-order valence-corrected chi connectivity index (χ2v) is 7.37. The highest BCUT2D eigenvalue weighted by Crippen LogP contribution is 2.22. The van der Waals surface area contributed by atoms with Crippen molar-refractivity contribution in [3.05, 3.63) is 94.0 Å². The van der Waals surface area contributed by atoms with Gasteiger partial charge in [0.1, 0.15) is 5.75 Å². The molecule has 0 fully saturated rings. The molecule has 0 saturated heterocycles. The number of aryl methyl sites for hydroxylation is 1. The van der Waals surface area contributed by atoms with Crippen molar-refractivity contribution in [1.82, 2.24) is 0 Å². The third kappa shape index (κ3) is 6.06. The van der Waals surface area contributed by atoms with Gasteiger partial charge in [0.25, 0.3) is 5.91 Å². The molecular formula is C24H19BrN2O2. The van der Waals surface area contributed by atoms with E-state index in [0.29, 0.717) is 11.3 Å². The van der Waals surface area contributed by atoms with Gasteiger partial charge < -0.3 is 10.1 Å². The molecule has 1 amide bonds. The zero-order valence-electron chi connectivity index (χ0n) is 15.9. The first-order valence-corrected chi connectivity index (χ1v) is 9.80. The maximum atomic E-state index is 12.1. The first kappa shape index (κ1) is 20.4. The van der Waals surface area contributed by atoms with Crippen molar-refractivity contribution in [3.8, 4) is 11.8 Å². The summed E-state index contributed by atoms with van der Waals surface area (Å²) in [5, 5.41) is 12.3. The van der Waals surface area contributed by atoms with Crippen LogP contribution in [-0.4, -0.2) is 12.5 Å². The van der Waals surface area contributed by atoms with E-state index in [1.54, 1.807) is 18.2 Å². The Morgan fingerprint density at radius 1 is 1.10 bits per heavy atom. The summed E-state index contributed by atoms with van der Waals surface area (Å²) in [5.41, 5.74) is 4.01. The van der Waals surface area contributed by atoms with E-state index in [0.717, 1.165) is 26.9 Å². The van der Waals surface area contributed by atoms with Crippen LogP contribution in [0.1, 0.15) is 16.7 Å². The summed E-state index contributed by atoms with van der Waals surface area (Å²) in [6, 6.07) is 24.7. The maximum absolute atomic E-state index is 12.1. The normalized spacial score (nSPS) is 10.9. The lowest BCUT2D eigenvalue weighted by atomic mass is 10.0. The van der Waals surface area contributed by atoms with E-state index in [1.165, 1.54) is 0 Å². The molecule has 0 spiro atoms. The fourth-order valence-corrected chi connectivity index (χ4v) is 3.00. The fourth-order valence-electron chi connectivity index (χ4n) is 2.74. The number of nitriles is 1. The number of anilines is 1. The Morgan fingerprint density at radius 3 is 2.59 bits per heavy atom. The topological polar surface area (TPSA) is 62.1 Å². The lowest BCUT2D eigenvalue weighted by Crippen LogP contribution is -2.20. The second kappa shape index (κ2) is 9.72. The van der Waals surface area contributed by atoms with Crippen LogP contribution in [0, 0.1) is 18.3 Å². The number of halogens is 1. The van der Waals surface area contributed by atoms with Gasteiger partial charge in [-0.2, -0.15) is 5.26 Å². The molecule has 0 aliphatic heterocycles. The number of amides is 1. The van der Waals surface area contributed by atoms with Crippen LogP contribution in [0.5, 0.6) is 5.75 Å². The first-order chi connectivity index (χ1) is 14.0. The molecule has 0 radical (unpaired) electrons. The van der Waals surface area contributed by atoms with Crippen molar-refractivity contribution in [2.75, 3.05) is 11.9 Å². The Bertz CT molecular complexity index is 1080. The zero-order valence-corrected chi connectivity index (χ0v) is 17.4. The van der Waals surface area contributed by atoms with E-state index < -0.39 is 0 Å². The van der Waals surface area contributed by atoms with Gasteiger partial charge in [-0.1, -0.05) is 52.3 Å². The minimum Gasteiger partial charge on any atom is -0.484 e. The predicted molar refractivity (Wildman–Crippen MR) is 119 cm³/mol. The van der Waals surface area contributed by atoms with Gasteiger partial charge in [-0.3, -0.25) is 4.79 Å². The Balaban J connectivity index is 1.66. The minimum atomic E-state index is -0.232. The van der Waals surface area contributed by atoms with Gasteiger partial charge in [0.2, 0.25) is 0 Å². The summed E-state index contributed by atoms with van der Waals surface area (Å²) < 4.78 is 6.57. The summed E-state index contributed by atoms with van der Waals surface area (Å²) in [7, 11) is 0. The van der Waals surface area contributed by atoms with Crippen LogP contribution in [0.15, 0.2) is 77.3 Å². The molecule has 4 nitrogen and oxygen atoms in total. The van der Waals surface area contributed by atoms with Crippen LogP contribution < -0.4 is 10.1 Å². The number of rotatable bonds is 6. The van der Waals surface area contributed by atoms with E-state index >= 15 is 0 Å². The molecule has 0 unspecified atom stereocenters. The van der Waals surface area contributed by atoms with Crippen LogP contribution in [0.4, 0.5) is 5.69 Å². The van der Waals surface area contributed by atoms with Crippen LogP contribution in [-0.2, 0) is 4.79 Å². The largest absolute Gasteiger partial charge is 0.484 e. The number of ether oxygens (including phenoxy) is 1. The number of benzene rings is 3. The highest BCUT2D eigenvalue weighted by Gasteiger charge is 2.06. The quantitative estimate of drug-likeness (QED) is 0.382. The Labute approximate surface area is 178 Å². The average molecular weight is 447 g/mol. The fraction of sp³-hybridized carbons (Fsp3) is 0.0833. The molecule has 144 valence electrons. The molecule has 0 bridgehead atoms. The van der Waals surface area contributed by atoms with Gasteiger partial charge in [0, 0.05) is 10.2 Å². The summed E-state index contributed by atoms with van der Waals surface area (Å²) in [4.78, 5) is 12.1. The molecule has 3 rings (SSSR count). The number of nitrogens with zero attached hydrogens (tertiary/aromatic N) is 1. The molecule has 0 saturated carbocycles. The van der Waals surface area contributed by atoms with Gasteiger partial charge in [-0.15, -0.1) is 0 Å². The molecule has 0 atom stereocenters. The molecular weight excluding hydrogens is 428 g/mol. The monoisotopic (exact) mass is 446 g/mol. The smallest absolute Gasteiger partial charge is 0.262 e. The third-order valence-corrected chi connectivity index (χ3v) is 4.65. The molecule has 1 N–H and O–H groups in total. The van der Waals surface area contributed by atoms with Gasteiger partial charge in [-0.05, 0) is 66.1 Å². The van der Waals surface area contributed by atoms with Crippen molar-refractivity contribution < 1.29 is 9.53 Å². The number of carbonyl (C=O) groups excluding carboxylic acids is 1. The molecule has 3 aromatic rings. The lowest BCUT2D eigenvalue weighted by Gasteiger charge is -2.09.